The van der Waals surface area contributed by atoms with Crippen LogP contribution in [-0.2, 0) is 26.2 Å². The van der Waals surface area contributed by atoms with E-state index in [1.807, 2.05) is 39.8 Å². The second kappa shape index (κ2) is 12.9. The SMILES string of the molecule is COc1ccc(CN(C(=O)CN(c2cccc(Br)c2)S(=O)(=O)c2ccc(C)cc2)[C@@H](C)C(=O)NC(C)(C)C)cc1. The number of amides is 2. The number of anilines is 1. The fraction of sp³-hybridized carbons (Fsp3) is 0.333. The van der Waals surface area contributed by atoms with Gasteiger partial charge in [-0.2, -0.15) is 0 Å². The van der Waals surface area contributed by atoms with Gasteiger partial charge in [0.1, 0.15) is 18.3 Å². The quantitative estimate of drug-likeness (QED) is 0.329. The van der Waals surface area contributed by atoms with Crippen LogP contribution in [0.2, 0.25) is 0 Å². The molecule has 0 fully saturated rings. The van der Waals surface area contributed by atoms with Crippen molar-refractivity contribution in [2.45, 2.75) is 57.6 Å². The van der Waals surface area contributed by atoms with Crippen LogP contribution in [0.1, 0.15) is 38.8 Å². The van der Waals surface area contributed by atoms with E-state index >= 15 is 0 Å². The molecule has 3 aromatic carbocycles. The van der Waals surface area contributed by atoms with Gasteiger partial charge in [0, 0.05) is 16.6 Å². The van der Waals surface area contributed by atoms with Gasteiger partial charge in [-0.15, -0.1) is 0 Å². The fourth-order valence-electron chi connectivity index (χ4n) is 3.98. The molecule has 0 saturated carbocycles. The number of carbonyl (C=O) groups excluding carboxylic acids is 2. The van der Waals surface area contributed by atoms with Crippen molar-refractivity contribution >= 4 is 43.5 Å². The highest BCUT2D eigenvalue weighted by Crippen LogP contribution is 2.27. The van der Waals surface area contributed by atoms with Crippen molar-refractivity contribution in [1.29, 1.82) is 0 Å². The molecule has 40 heavy (non-hydrogen) atoms. The molecular formula is C30H36BrN3O5S. The first-order valence-corrected chi connectivity index (χ1v) is 15.0. The maximum atomic E-state index is 14.0. The van der Waals surface area contributed by atoms with E-state index in [9.17, 15) is 18.0 Å². The maximum Gasteiger partial charge on any atom is 0.264 e. The van der Waals surface area contributed by atoms with Crippen molar-refractivity contribution in [3.8, 4) is 5.75 Å². The van der Waals surface area contributed by atoms with Gasteiger partial charge in [0.2, 0.25) is 11.8 Å². The number of hydrogen-bond acceptors (Lipinski definition) is 5. The summed E-state index contributed by atoms with van der Waals surface area (Å²) in [6, 6.07) is 19.5. The van der Waals surface area contributed by atoms with Gasteiger partial charge in [-0.25, -0.2) is 8.42 Å². The summed E-state index contributed by atoms with van der Waals surface area (Å²) in [7, 11) is -2.56. The number of nitrogens with zero attached hydrogens (tertiary/aromatic N) is 2. The Labute approximate surface area is 245 Å². The fourth-order valence-corrected chi connectivity index (χ4v) is 5.77. The lowest BCUT2D eigenvalue weighted by Gasteiger charge is -2.33. The van der Waals surface area contributed by atoms with Crippen LogP contribution in [0.25, 0.3) is 0 Å². The lowest BCUT2D eigenvalue weighted by Crippen LogP contribution is -2.54. The highest BCUT2D eigenvalue weighted by Gasteiger charge is 2.33. The first-order valence-electron chi connectivity index (χ1n) is 12.8. The van der Waals surface area contributed by atoms with E-state index in [1.165, 1.54) is 17.0 Å². The molecule has 0 radical (unpaired) electrons. The molecular weight excluding hydrogens is 594 g/mol. The van der Waals surface area contributed by atoms with Gasteiger partial charge in [-0.05, 0) is 82.6 Å². The molecule has 0 heterocycles. The van der Waals surface area contributed by atoms with E-state index in [-0.39, 0.29) is 17.3 Å². The highest BCUT2D eigenvalue weighted by molar-refractivity contribution is 9.10. The van der Waals surface area contributed by atoms with Crippen LogP contribution in [-0.4, -0.2) is 50.4 Å². The molecule has 0 aliphatic carbocycles. The second-order valence-corrected chi connectivity index (χ2v) is 13.4. The Kier molecular flexibility index (Phi) is 10.0. The molecule has 2 amide bonds. The molecule has 0 aromatic heterocycles. The van der Waals surface area contributed by atoms with E-state index in [0.29, 0.717) is 15.9 Å². The molecule has 0 unspecified atom stereocenters. The summed E-state index contributed by atoms with van der Waals surface area (Å²) < 4.78 is 34.7. The van der Waals surface area contributed by atoms with E-state index in [4.69, 9.17) is 4.74 Å². The summed E-state index contributed by atoms with van der Waals surface area (Å²) in [4.78, 5) is 28.6. The number of sulfonamides is 1. The van der Waals surface area contributed by atoms with Crippen LogP contribution >= 0.6 is 15.9 Å². The summed E-state index contributed by atoms with van der Waals surface area (Å²) in [5.41, 5.74) is 1.48. The first-order chi connectivity index (χ1) is 18.7. The number of aryl methyl sites for hydroxylation is 1. The minimum absolute atomic E-state index is 0.0612. The van der Waals surface area contributed by atoms with E-state index in [0.717, 1.165) is 15.4 Å². The third kappa shape index (κ3) is 8.08. The Bertz CT molecular complexity index is 1440. The number of nitrogens with one attached hydrogen (secondary N) is 1. The van der Waals surface area contributed by atoms with Crippen LogP contribution in [0.5, 0.6) is 5.75 Å². The van der Waals surface area contributed by atoms with Crippen LogP contribution < -0.4 is 14.4 Å². The van der Waals surface area contributed by atoms with Gasteiger partial charge < -0.3 is 15.0 Å². The Morgan fingerprint density at radius 1 is 1.00 bits per heavy atom. The Morgan fingerprint density at radius 3 is 2.17 bits per heavy atom. The monoisotopic (exact) mass is 629 g/mol. The Balaban J connectivity index is 2.03. The standard InChI is InChI=1S/C30H36BrN3O5S/c1-21-10-16-27(17-11-21)40(37,38)34(25-9-7-8-24(31)18-25)20-28(35)33(22(2)29(36)32-30(3,4)5)19-23-12-14-26(39-6)15-13-23/h7-18,22H,19-20H2,1-6H3,(H,32,36)/t22-/m0/s1. The predicted octanol–water partition coefficient (Wildman–Crippen LogP) is 5.29. The third-order valence-corrected chi connectivity index (χ3v) is 8.44. The summed E-state index contributed by atoms with van der Waals surface area (Å²) >= 11 is 3.40. The van der Waals surface area contributed by atoms with Crippen LogP contribution in [0.4, 0.5) is 5.69 Å². The van der Waals surface area contributed by atoms with Crippen molar-refractivity contribution < 1.29 is 22.7 Å². The summed E-state index contributed by atoms with van der Waals surface area (Å²) in [5, 5.41) is 2.92. The molecule has 1 atom stereocenters. The Morgan fingerprint density at radius 2 is 1.62 bits per heavy atom. The molecule has 214 valence electrons. The highest BCUT2D eigenvalue weighted by atomic mass is 79.9. The van der Waals surface area contributed by atoms with Crippen LogP contribution in [0.3, 0.4) is 0 Å². The number of halogens is 1. The van der Waals surface area contributed by atoms with Crippen molar-refractivity contribution in [3.05, 3.63) is 88.4 Å². The third-order valence-electron chi connectivity index (χ3n) is 6.16. The molecule has 0 spiro atoms. The summed E-state index contributed by atoms with van der Waals surface area (Å²) in [6.45, 7) is 8.67. The predicted molar refractivity (Wildman–Crippen MR) is 161 cm³/mol. The number of benzene rings is 3. The summed E-state index contributed by atoms with van der Waals surface area (Å²) in [6.07, 6.45) is 0. The van der Waals surface area contributed by atoms with Gasteiger partial charge in [0.15, 0.2) is 0 Å². The average molecular weight is 631 g/mol. The number of methoxy groups -OCH3 is 1. The van der Waals surface area contributed by atoms with Crippen molar-refractivity contribution in [2.24, 2.45) is 0 Å². The van der Waals surface area contributed by atoms with Crippen molar-refractivity contribution in [1.82, 2.24) is 10.2 Å². The van der Waals surface area contributed by atoms with Gasteiger partial charge in [-0.3, -0.25) is 13.9 Å². The van der Waals surface area contributed by atoms with E-state index in [1.54, 1.807) is 62.6 Å². The van der Waals surface area contributed by atoms with Crippen molar-refractivity contribution in [2.75, 3.05) is 18.0 Å². The van der Waals surface area contributed by atoms with Gasteiger partial charge in [0.25, 0.3) is 10.0 Å². The van der Waals surface area contributed by atoms with E-state index < -0.39 is 34.1 Å². The lowest BCUT2D eigenvalue weighted by atomic mass is 10.1. The molecule has 8 nitrogen and oxygen atoms in total. The van der Waals surface area contributed by atoms with E-state index in [2.05, 4.69) is 21.2 Å². The molecule has 0 aliphatic rings. The molecule has 0 bridgehead atoms. The topological polar surface area (TPSA) is 96.0 Å². The summed E-state index contributed by atoms with van der Waals surface area (Å²) in [5.74, 6) is -0.210. The van der Waals surface area contributed by atoms with Crippen LogP contribution in [0.15, 0.2) is 82.2 Å². The second-order valence-electron chi connectivity index (χ2n) is 10.6. The zero-order chi connectivity index (χ0) is 29.7. The largest absolute Gasteiger partial charge is 0.497 e. The lowest BCUT2D eigenvalue weighted by molar-refractivity contribution is -0.140. The van der Waals surface area contributed by atoms with Gasteiger partial charge in [0.05, 0.1) is 17.7 Å². The molecule has 0 saturated heterocycles. The number of hydrogen-bond donors (Lipinski definition) is 1. The number of carbonyl (C=O) groups is 2. The zero-order valence-electron chi connectivity index (χ0n) is 23.6. The van der Waals surface area contributed by atoms with Crippen molar-refractivity contribution in [3.63, 3.8) is 0 Å². The average Bonchev–Trinajstić information content (AvgIpc) is 2.89. The molecule has 3 rings (SSSR count). The zero-order valence-corrected chi connectivity index (χ0v) is 26.0. The molecule has 1 N–H and O–H groups in total. The minimum Gasteiger partial charge on any atom is -0.497 e. The molecule has 3 aromatic rings. The van der Waals surface area contributed by atoms with Crippen LogP contribution in [0, 0.1) is 6.92 Å². The smallest absolute Gasteiger partial charge is 0.264 e. The minimum atomic E-state index is -4.12. The molecule has 10 heteroatoms. The maximum absolute atomic E-state index is 14.0. The number of ether oxygens (including phenoxy) is 1. The first kappa shape index (κ1) is 31.2. The normalized spacial score (nSPS) is 12.4. The van der Waals surface area contributed by atoms with Gasteiger partial charge >= 0.3 is 0 Å². The van der Waals surface area contributed by atoms with Gasteiger partial charge in [-0.1, -0.05) is 51.8 Å². The number of rotatable bonds is 10. The Hall–Kier alpha value is -3.37. The molecule has 0 aliphatic heterocycles.